The molecule has 1 fully saturated rings. The van der Waals surface area contributed by atoms with Gasteiger partial charge in [0.15, 0.2) is 5.69 Å². The van der Waals surface area contributed by atoms with E-state index >= 15 is 0 Å². The Hall–Kier alpha value is -4.72. The van der Waals surface area contributed by atoms with Gasteiger partial charge in [-0.2, -0.15) is 14.1 Å². The van der Waals surface area contributed by atoms with Crippen LogP contribution in [0.1, 0.15) is 32.0 Å². The molecule has 3 aromatic carbocycles. The lowest BCUT2D eigenvalue weighted by Crippen LogP contribution is -2.40. The number of morpholine rings is 1. The zero-order valence-corrected chi connectivity index (χ0v) is 24.6. The zero-order valence-electron chi connectivity index (χ0n) is 23.7. The Kier molecular flexibility index (Phi) is 8.48. The van der Waals surface area contributed by atoms with Gasteiger partial charge in [-0.3, -0.25) is 4.79 Å². The Morgan fingerprint density at radius 1 is 1.00 bits per heavy atom. The molecule has 0 saturated carbocycles. The van der Waals surface area contributed by atoms with Crippen molar-refractivity contribution >= 4 is 27.6 Å². The van der Waals surface area contributed by atoms with Crippen molar-refractivity contribution in [2.24, 2.45) is 0 Å². The molecule has 224 valence electrons. The second kappa shape index (κ2) is 12.3. The molecule has 1 aromatic heterocycles. The number of aromatic carboxylic acids is 1. The smallest absolute Gasteiger partial charge is 0.356 e. The second-order valence-electron chi connectivity index (χ2n) is 9.80. The van der Waals surface area contributed by atoms with Gasteiger partial charge in [0, 0.05) is 29.9 Å². The van der Waals surface area contributed by atoms with Crippen LogP contribution in [0.4, 0.5) is 5.69 Å². The van der Waals surface area contributed by atoms with Crippen LogP contribution in [0.3, 0.4) is 0 Å². The normalized spacial score (nSPS) is 13.8. The molecule has 13 heteroatoms. The van der Waals surface area contributed by atoms with E-state index in [4.69, 9.17) is 14.2 Å². The number of carbonyl (C=O) groups is 2. The molecule has 0 unspecified atom stereocenters. The Bertz CT molecular complexity index is 1780. The van der Waals surface area contributed by atoms with E-state index in [-0.39, 0.29) is 59.8 Å². The summed E-state index contributed by atoms with van der Waals surface area (Å²) >= 11 is 0. The van der Waals surface area contributed by atoms with E-state index in [1.165, 1.54) is 41.2 Å². The van der Waals surface area contributed by atoms with Crippen molar-refractivity contribution in [1.29, 1.82) is 0 Å². The van der Waals surface area contributed by atoms with Gasteiger partial charge in [-0.05, 0) is 62.4 Å². The van der Waals surface area contributed by atoms with Crippen LogP contribution in [-0.2, 0) is 14.8 Å². The van der Waals surface area contributed by atoms with Crippen molar-refractivity contribution in [3.63, 3.8) is 0 Å². The largest absolute Gasteiger partial charge is 0.497 e. The fourth-order valence-electron chi connectivity index (χ4n) is 4.53. The predicted octanol–water partition coefficient (Wildman–Crippen LogP) is 4.26. The molecule has 0 bridgehead atoms. The number of carboxylic acids is 1. The monoisotopic (exact) mass is 606 g/mol. The standard InChI is InChI=1S/C30H30N4O8S/c1-19-7-10-23(11-8-19)34-29(20(2)27(32-34)30(36)37)42-25-12-9-22(31-28(35)21-5-4-6-24(17-21)40-3)18-26(25)43(38,39)33-13-15-41-16-14-33/h4-12,17-18H,13-16H2,1-3H3,(H,31,35)(H,36,37). The number of nitrogens with one attached hydrogen (secondary N) is 1. The Morgan fingerprint density at radius 3 is 2.40 bits per heavy atom. The van der Waals surface area contributed by atoms with Gasteiger partial charge in [-0.15, -0.1) is 0 Å². The number of methoxy groups -OCH3 is 1. The average Bonchev–Trinajstić information content (AvgIpc) is 3.34. The summed E-state index contributed by atoms with van der Waals surface area (Å²) in [6, 6.07) is 18.0. The summed E-state index contributed by atoms with van der Waals surface area (Å²) in [5, 5.41) is 16.7. The van der Waals surface area contributed by atoms with Crippen molar-refractivity contribution in [2.75, 3.05) is 38.7 Å². The van der Waals surface area contributed by atoms with Gasteiger partial charge < -0.3 is 24.6 Å². The van der Waals surface area contributed by atoms with Crippen LogP contribution in [0.25, 0.3) is 5.69 Å². The number of ether oxygens (including phenoxy) is 3. The molecule has 0 aliphatic carbocycles. The highest BCUT2D eigenvalue weighted by molar-refractivity contribution is 7.89. The number of carboxylic acid groups (broad SMARTS) is 1. The summed E-state index contributed by atoms with van der Waals surface area (Å²) in [4.78, 5) is 24.8. The third-order valence-electron chi connectivity index (χ3n) is 6.88. The molecule has 43 heavy (non-hydrogen) atoms. The average molecular weight is 607 g/mol. The second-order valence-corrected chi connectivity index (χ2v) is 11.7. The number of amides is 1. The van der Waals surface area contributed by atoms with E-state index < -0.39 is 21.9 Å². The zero-order chi connectivity index (χ0) is 30.7. The SMILES string of the molecule is COc1cccc(C(=O)Nc2ccc(Oc3c(C)c(C(=O)O)nn3-c3ccc(C)cc3)c(S(=O)(=O)N3CCOCC3)c2)c1. The number of hydrogen-bond donors (Lipinski definition) is 2. The molecule has 1 aliphatic heterocycles. The molecule has 0 spiro atoms. The summed E-state index contributed by atoms with van der Waals surface area (Å²) in [6.07, 6.45) is 0. The lowest BCUT2D eigenvalue weighted by Gasteiger charge is -2.27. The van der Waals surface area contributed by atoms with Gasteiger partial charge in [-0.25, -0.2) is 13.2 Å². The van der Waals surface area contributed by atoms with Gasteiger partial charge in [0.05, 0.1) is 26.0 Å². The van der Waals surface area contributed by atoms with Crippen LogP contribution in [-0.4, -0.2) is 72.9 Å². The highest BCUT2D eigenvalue weighted by Crippen LogP contribution is 2.37. The molecule has 2 N–H and O–H groups in total. The predicted molar refractivity (Wildman–Crippen MR) is 157 cm³/mol. The molecule has 4 aromatic rings. The summed E-state index contributed by atoms with van der Waals surface area (Å²) < 4.78 is 47.2. The van der Waals surface area contributed by atoms with Crippen LogP contribution < -0.4 is 14.8 Å². The summed E-state index contributed by atoms with van der Waals surface area (Å²) in [5.41, 5.74) is 2.00. The van der Waals surface area contributed by atoms with Gasteiger partial charge in [0.25, 0.3) is 5.91 Å². The van der Waals surface area contributed by atoms with Gasteiger partial charge in [-0.1, -0.05) is 23.8 Å². The van der Waals surface area contributed by atoms with E-state index in [1.54, 1.807) is 36.4 Å². The lowest BCUT2D eigenvalue weighted by molar-refractivity contribution is 0.0689. The summed E-state index contributed by atoms with van der Waals surface area (Å²) in [6.45, 7) is 4.16. The number of aryl methyl sites for hydroxylation is 1. The summed E-state index contributed by atoms with van der Waals surface area (Å²) in [5.74, 6) is -1.27. The number of benzene rings is 3. The fourth-order valence-corrected chi connectivity index (χ4v) is 6.08. The molecule has 5 rings (SSSR count). The molecule has 0 atom stereocenters. The Labute approximate surface area is 248 Å². The summed E-state index contributed by atoms with van der Waals surface area (Å²) in [7, 11) is -2.65. The van der Waals surface area contributed by atoms with Crippen LogP contribution in [0.15, 0.2) is 71.6 Å². The minimum absolute atomic E-state index is 0.0350. The molecule has 2 heterocycles. The van der Waals surface area contributed by atoms with Crippen LogP contribution in [0.5, 0.6) is 17.4 Å². The minimum Gasteiger partial charge on any atom is -0.497 e. The third kappa shape index (κ3) is 6.23. The maximum atomic E-state index is 13.9. The number of hydrogen-bond acceptors (Lipinski definition) is 8. The number of aromatic nitrogens is 2. The molecule has 1 saturated heterocycles. The first-order valence-corrected chi connectivity index (χ1v) is 14.8. The van der Waals surface area contributed by atoms with Crippen LogP contribution >= 0.6 is 0 Å². The maximum absolute atomic E-state index is 13.9. The van der Waals surface area contributed by atoms with Crippen molar-refractivity contribution in [1.82, 2.24) is 14.1 Å². The molecular weight excluding hydrogens is 576 g/mol. The first kappa shape index (κ1) is 29.8. The van der Waals surface area contributed by atoms with Crippen LogP contribution in [0, 0.1) is 13.8 Å². The van der Waals surface area contributed by atoms with Crippen molar-refractivity contribution in [3.8, 4) is 23.1 Å². The van der Waals surface area contributed by atoms with Crippen molar-refractivity contribution < 1.29 is 37.3 Å². The number of rotatable bonds is 9. The molecule has 0 radical (unpaired) electrons. The first-order chi connectivity index (χ1) is 20.6. The van der Waals surface area contributed by atoms with E-state index in [1.807, 2.05) is 19.1 Å². The van der Waals surface area contributed by atoms with E-state index in [9.17, 15) is 23.1 Å². The van der Waals surface area contributed by atoms with Gasteiger partial charge in [0.1, 0.15) is 16.4 Å². The number of anilines is 1. The molecule has 1 amide bonds. The third-order valence-corrected chi connectivity index (χ3v) is 8.80. The van der Waals surface area contributed by atoms with Crippen molar-refractivity contribution in [2.45, 2.75) is 18.7 Å². The van der Waals surface area contributed by atoms with E-state index in [2.05, 4.69) is 10.4 Å². The number of nitrogens with zero attached hydrogens (tertiary/aromatic N) is 3. The van der Waals surface area contributed by atoms with E-state index in [0.717, 1.165) is 5.56 Å². The highest BCUT2D eigenvalue weighted by atomic mass is 32.2. The maximum Gasteiger partial charge on any atom is 0.356 e. The topological polar surface area (TPSA) is 149 Å². The van der Waals surface area contributed by atoms with Crippen LogP contribution in [0.2, 0.25) is 0 Å². The van der Waals surface area contributed by atoms with Crippen molar-refractivity contribution in [3.05, 3.63) is 89.1 Å². The molecule has 12 nitrogen and oxygen atoms in total. The number of sulfonamides is 1. The molecular formula is C30H30N4O8S. The van der Waals surface area contributed by atoms with Gasteiger partial charge >= 0.3 is 5.97 Å². The van der Waals surface area contributed by atoms with E-state index in [0.29, 0.717) is 17.0 Å². The first-order valence-electron chi connectivity index (χ1n) is 13.3. The Balaban J connectivity index is 1.59. The quantitative estimate of drug-likeness (QED) is 0.285. The minimum atomic E-state index is -4.14. The Morgan fingerprint density at radius 2 is 1.72 bits per heavy atom. The fraction of sp³-hybridized carbons (Fsp3) is 0.233. The lowest BCUT2D eigenvalue weighted by atomic mass is 10.2. The van der Waals surface area contributed by atoms with Gasteiger partial charge in [0.2, 0.25) is 15.9 Å². The molecule has 1 aliphatic rings. The highest BCUT2D eigenvalue weighted by Gasteiger charge is 2.31. The number of carbonyl (C=O) groups excluding carboxylic acids is 1.